The molecular weight excluding hydrogens is 312 g/mol. The van der Waals surface area contributed by atoms with Crippen molar-refractivity contribution in [3.63, 3.8) is 0 Å². The molecule has 1 fully saturated rings. The van der Waals surface area contributed by atoms with Gasteiger partial charge in [-0.15, -0.1) is 0 Å². The minimum Gasteiger partial charge on any atom is -0.348 e. The lowest BCUT2D eigenvalue weighted by Gasteiger charge is -2.29. The fraction of sp³-hybridized carbons (Fsp3) is 0.421. The second-order valence-electron chi connectivity index (χ2n) is 6.11. The molecule has 0 saturated carbocycles. The van der Waals surface area contributed by atoms with E-state index in [1.165, 1.54) is 18.9 Å². The van der Waals surface area contributed by atoms with Crippen LogP contribution in [0.5, 0.6) is 0 Å². The summed E-state index contributed by atoms with van der Waals surface area (Å²) in [4.78, 5) is 4.31. The fourth-order valence-corrected chi connectivity index (χ4v) is 2.77. The van der Waals surface area contributed by atoms with Gasteiger partial charge in [-0.1, -0.05) is 25.8 Å². The molecular formula is C19H21F2NO2. The normalized spacial score (nSPS) is 21.0. The Morgan fingerprint density at radius 1 is 1.08 bits per heavy atom. The maximum absolute atomic E-state index is 13.3. The first-order chi connectivity index (χ1) is 11.7. The fourth-order valence-electron chi connectivity index (χ4n) is 2.77. The Labute approximate surface area is 140 Å². The molecule has 1 aliphatic rings. The van der Waals surface area contributed by atoms with Crippen molar-refractivity contribution in [2.24, 2.45) is 5.92 Å². The number of hydrogen-bond acceptors (Lipinski definition) is 3. The molecule has 1 aromatic heterocycles. The summed E-state index contributed by atoms with van der Waals surface area (Å²) in [6.45, 7) is 3.55. The van der Waals surface area contributed by atoms with Gasteiger partial charge in [-0.25, -0.2) is 8.78 Å². The van der Waals surface area contributed by atoms with Gasteiger partial charge in [-0.2, -0.15) is 0 Å². The summed E-state index contributed by atoms with van der Waals surface area (Å²) >= 11 is 0. The number of ether oxygens (including phenoxy) is 2. The molecule has 1 aromatic carbocycles. The van der Waals surface area contributed by atoms with Crippen molar-refractivity contribution >= 4 is 0 Å². The van der Waals surface area contributed by atoms with Crippen LogP contribution >= 0.6 is 0 Å². The molecule has 1 aliphatic heterocycles. The van der Waals surface area contributed by atoms with E-state index in [4.69, 9.17) is 9.47 Å². The molecule has 0 spiro atoms. The highest BCUT2D eigenvalue weighted by Crippen LogP contribution is 2.28. The molecule has 0 N–H and O–H groups in total. The van der Waals surface area contributed by atoms with Crippen molar-refractivity contribution in [2.45, 2.75) is 32.5 Å². The monoisotopic (exact) mass is 333 g/mol. The number of benzene rings is 1. The van der Waals surface area contributed by atoms with Crippen molar-refractivity contribution in [1.29, 1.82) is 0 Å². The molecule has 0 bridgehead atoms. The standard InChI is InChI=1S/C19H21F2NO2/c1-2-3-4-13-11-23-19(24-12-13)15-6-8-18(22-10-15)14-5-7-16(20)17(21)9-14/h5-10,13,19H,2-4,11-12H2,1H3. The lowest BCUT2D eigenvalue weighted by atomic mass is 10.0. The molecule has 128 valence electrons. The minimum atomic E-state index is -0.879. The van der Waals surface area contributed by atoms with Gasteiger partial charge in [-0.05, 0) is 30.7 Å². The van der Waals surface area contributed by atoms with Crippen LogP contribution in [0, 0.1) is 17.6 Å². The lowest BCUT2D eigenvalue weighted by Crippen LogP contribution is -2.27. The Balaban J connectivity index is 1.64. The van der Waals surface area contributed by atoms with Gasteiger partial charge in [0, 0.05) is 23.2 Å². The number of aromatic nitrogens is 1. The molecule has 5 heteroatoms. The van der Waals surface area contributed by atoms with Crippen LogP contribution < -0.4 is 0 Å². The lowest BCUT2D eigenvalue weighted by molar-refractivity contribution is -0.206. The third kappa shape index (κ3) is 3.97. The van der Waals surface area contributed by atoms with Gasteiger partial charge in [0.2, 0.25) is 0 Å². The van der Waals surface area contributed by atoms with E-state index in [1.54, 1.807) is 12.3 Å². The van der Waals surface area contributed by atoms with Gasteiger partial charge in [-0.3, -0.25) is 4.98 Å². The van der Waals surface area contributed by atoms with Crippen LogP contribution in [-0.4, -0.2) is 18.2 Å². The molecule has 2 heterocycles. The van der Waals surface area contributed by atoms with Crippen molar-refractivity contribution in [1.82, 2.24) is 4.98 Å². The molecule has 0 unspecified atom stereocenters. The van der Waals surface area contributed by atoms with E-state index < -0.39 is 17.9 Å². The Hall–Kier alpha value is -1.85. The van der Waals surface area contributed by atoms with E-state index in [0.29, 0.717) is 30.4 Å². The summed E-state index contributed by atoms with van der Waals surface area (Å²) in [5, 5.41) is 0. The zero-order chi connectivity index (χ0) is 16.9. The van der Waals surface area contributed by atoms with Crippen molar-refractivity contribution in [3.05, 3.63) is 53.7 Å². The molecule has 0 radical (unpaired) electrons. The summed E-state index contributed by atoms with van der Waals surface area (Å²) in [5.41, 5.74) is 1.94. The molecule has 3 rings (SSSR count). The predicted molar refractivity (Wildman–Crippen MR) is 87.2 cm³/mol. The highest BCUT2D eigenvalue weighted by molar-refractivity contribution is 5.59. The van der Waals surface area contributed by atoms with E-state index in [9.17, 15) is 8.78 Å². The van der Waals surface area contributed by atoms with Crippen molar-refractivity contribution in [3.8, 4) is 11.3 Å². The largest absolute Gasteiger partial charge is 0.348 e. The third-order valence-electron chi connectivity index (χ3n) is 4.21. The third-order valence-corrected chi connectivity index (χ3v) is 4.21. The summed E-state index contributed by atoms with van der Waals surface area (Å²) < 4.78 is 37.9. The maximum atomic E-state index is 13.3. The van der Waals surface area contributed by atoms with Crippen LogP contribution in [-0.2, 0) is 9.47 Å². The van der Waals surface area contributed by atoms with Gasteiger partial charge in [0.1, 0.15) is 0 Å². The molecule has 1 saturated heterocycles. The highest BCUT2D eigenvalue weighted by atomic mass is 19.2. The molecule has 0 atom stereocenters. The first-order valence-electron chi connectivity index (χ1n) is 8.32. The molecule has 0 amide bonds. The van der Waals surface area contributed by atoms with E-state index in [-0.39, 0.29) is 0 Å². The second kappa shape index (κ2) is 7.81. The number of hydrogen-bond donors (Lipinski definition) is 0. The average molecular weight is 333 g/mol. The minimum absolute atomic E-state index is 0.408. The summed E-state index contributed by atoms with van der Waals surface area (Å²) in [6, 6.07) is 7.36. The van der Waals surface area contributed by atoms with Gasteiger partial charge in [0.05, 0.1) is 18.9 Å². The molecule has 3 nitrogen and oxygen atoms in total. The van der Waals surface area contributed by atoms with E-state index in [1.807, 2.05) is 6.07 Å². The summed E-state index contributed by atoms with van der Waals surface area (Å²) in [7, 11) is 0. The van der Waals surface area contributed by atoms with Gasteiger partial charge < -0.3 is 9.47 Å². The number of rotatable bonds is 5. The first kappa shape index (κ1) is 17.0. The van der Waals surface area contributed by atoms with Gasteiger partial charge in [0.15, 0.2) is 17.9 Å². The predicted octanol–water partition coefficient (Wildman–Crippen LogP) is 4.88. The SMILES string of the molecule is CCCCC1COC(c2ccc(-c3ccc(F)c(F)c3)nc2)OC1. The van der Waals surface area contributed by atoms with E-state index in [0.717, 1.165) is 24.1 Å². The van der Waals surface area contributed by atoms with Crippen molar-refractivity contribution < 1.29 is 18.3 Å². The quantitative estimate of drug-likeness (QED) is 0.781. The Bertz CT molecular complexity index is 668. The number of halogens is 2. The van der Waals surface area contributed by atoms with Gasteiger partial charge in [0.25, 0.3) is 0 Å². The van der Waals surface area contributed by atoms with Crippen LogP contribution in [0.3, 0.4) is 0 Å². The number of pyridine rings is 1. The summed E-state index contributed by atoms with van der Waals surface area (Å²) in [5.74, 6) is -1.29. The Morgan fingerprint density at radius 3 is 2.50 bits per heavy atom. The second-order valence-corrected chi connectivity index (χ2v) is 6.11. The zero-order valence-electron chi connectivity index (χ0n) is 13.7. The maximum Gasteiger partial charge on any atom is 0.185 e. The van der Waals surface area contributed by atoms with Crippen LogP contribution in [0.15, 0.2) is 36.5 Å². The van der Waals surface area contributed by atoms with Crippen LogP contribution in [0.1, 0.15) is 38.0 Å². The average Bonchev–Trinajstić information content (AvgIpc) is 2.63. The molecule has 24 heavy (non-hydrogen) atoms. The van der Waals surface area contributed by atoms with E-state index >= 15 is 0 Å². The van der Waals surface area contributed by atoms with Crippen LogP contribution in [0.2, 0.25) is 0 Å². The topological polar surface area (TPSA) is 31.4 Å². The van der Waals surface area contributed by atoms with Crippen LogP contribution in [0.25, 0.3) is 11.3 Å². The number of nitrogens with zero attached hydrogens (tertiary/aromatic N) is 1. The first-order valence-corrected chi connectivity index (χ1v) is 8.32. The number of unbranched alkanes of at least 4 members (excludes halogenated alkanes) is 1. The van der Waals surface area contributed by atoms with Crippen molar-refractivity contribution in [2.75, 3.05) is 13.2 Å². The molecule has 0 aliphatic carbocycles. The van der Waals surface area contributed by atoms with Crippen LogP contribution in [0.4, 0.5) is 8.78 Å². The zero-order valence-corrected chi connectivity index (χ0v) is 13.7. The smallest absolute Gasteiger partial charge is 0.185 e. The molecule has 2 aromatic rings. The highest BCUT2D eigenvalue weighted by Gasteiger charge is 2.23. The Morgan fingerprint density at radius 2 is 1.88 bits per heavy atom. The van der Waals surface area contributed by atoms with E-state index in [2.05, 4.69) is 11.9 Å². The summed E-state index contributed by atoms with van der Waals surface area (Å²) in [6.07, 6.45) is 4.74. The Kier molecular flexibility index (Phi) is 5.53. The van der Waals surface area contributed by atoms with Gasteiger partial charge >= 0.3 is 0 Å².